The first-order valence-electron chi connectivity index (χ1n) is 16.1. The lowest BCUT2D eigenvalue weighted by molar-refractivity contribution is -0.154. The number of ether oxygens (including phenoxy) is 3. The van der Waals surface area contributed by atoms with E-state index in [9.17, 15) is 19.2 Å². The van der Waals surface area contributed by atoms with Crippen molar-refractivity contribution in [3.8, 4) is 0 Å². The number of allylic oxidation sites excluding steroid dienone is 6. The number of esters is 4. The quantitative estimate of drug-likeness (QED) is 0.150. The lowest BCUT2D eigenvalue weighted by Gasteiger charge is -2.34. The topological polar surface area (TPSA) is 96.0 Å². The highest BCUT2D eigenvalue weighted by Gasteiger charge is 2.54. The molecule has 0 N–H and O–H groups in total. The summed E-state index contributed by atoms with van der Waals surface area (Å²) >= 11 is 0. The fourth-order valence-corrected chi connectivity index (χ4v) is 8.14. The van der Waals surface area contributed by atoms with Crippen molar-refractivity contribution >= 4 is 23.9 Å². The minimum atomic E-state index is -0.339. The molecule has 3 saturated heterocycles. The van der Waals surface area contributed by atoms with Crippen LogP contribution >= 0.6 is 0 Å². The van der Waals surface area contributed by atoms with E-state index < -0.39 is 0 Å². The molecule has 0 amide bonds. The molecule has 0 radical (unpaired) electrons. The van der Waals surface area contributed by atoms with Crippen LogP contribution in [0.4, 0.5) is 0 Å². The molecule has 3 heterocycles. The SMILES string of the molecule is CC1=CCC2C(=O)OC(=O)C2C1.CCC1(CC)OC(=O)C2CC(C)=CCC21.CCC1(CC)OC(=O)C2CC=C(C)CC21. The highest BCUT2D eigenvalue weighted by atomic mass is 16.6. The summed E-state index contributed by atoms with van der Waals surface area (Å²) in [5.74, 6) is 0.121. The van der Waals surface area contributed by atoms with Crippen molar-refractivity contribution in [1.29, 1.82) is 0 Å². The molecule has 0 saturated carbocycles. The van der Waals surface area contributed by atoms with E-state index in [1.165, 1.54) is 16.7 Å². The maximum Gasteiger partial charge on any atom is 0.317 e. The predicted molar refractivity (Wildman–Crippen MR) is 160 cm³/mol. The van der Waals surface area contributed by atoms with E-state index in [0.29, 0.717) is 24.7 Å². The van der Waals surface area contributed by atoms with Gasteiger partial charge >= 0.3 is 23.9 Å². The Morgan fingerprint density at radius 1 is 0.548 bits per heavy atom. The molecule has 0 aromatic rings. The van der Waals surface area contributed by atoms with E-state index in [0.717, 1.165) is 51.4 Å². The van der Waals surface area contributed by atoms with Gasteiger partial charge in [0.1, 0.15) is 11.2 Å². The summed E-state index contributed by atoms with van der Waals surface area (Å²) in [5, 5.41) is 0. The van der Waals surface area contributed by atoms with E-state index >= 15 is 0 Å². The molecule has 6 unspecified atom stereocenters. The molecule has 3 aliphatic heterocycles. The summed E-state index contributed by atoms with van der Waals surface area (Å²) in [4.78, 5) is 45.8. The minimum absolute atomic E-state index is 0.0347. The number of hydrogen-bond donors (Lipinski definition) is 0. The maximum atomic E-state index is 11.8. The van der Waals surface area contributed by atoms with Crippen LogP contribution in [0.1, 0.15) is 113 Å². The minimum Gasteiger partial charge on any atom is -0.459 e. The van der Waals surface area contributed by atoms with Gasteiger partial charge in [-0.05, 0) is 85.0 Å². The van der Waals surface area contributed by atoms with Crippen LogP contribution in [0.3, 0.4) is 0 Å². The second-order valence-corrected chi connectivity index (χ2v) is 13.2. The number of carbonyl (C=O) groups excluding carboxylic acids is 4. The summed E-state index contributed by atoms with van der Waals surface area (Å²) in [6.45, 7) is 14.8. The first-order valence-corrected chi connectivity index (χ1v) is 16.1. The molecule has 0 spiro atoms. The van der Waals surface area contributed by atoms with Crippen molar-refractivity contribution in [2.45, 2.75) is 124 Å². The van der Waals surface area contributed by atoms with Crippen LogP contribution in [-0.4, -0.2) is 35.1 Å². The molecule has 6 rings (SSSR count). The van der Waals surface area contributed by atoms with E-state index in [1.807, 2.05) is 13.0 Å². The van der Waals surface area contributed by atoms with Crippen molar-refractivity contribution in [3.63, 3.8) is 0 Å². The van der Waals surface area contributed by atoms with E-state index in [1.54, 1.807) is 0 Å². The summed E-state index contributed by atoms with van der Waals surface area (Å²) in [5.41, 5.74) is 3.61. The van der Waals surface area contributed by atoms with Crippen molar-refractivity contribution in [1.82, 2.24) is 0 Å². The van der Waals surface area contributed by atoms with Gasteiger partial charge < -0.3 is 14.2 Å². The Morgan fingerprint density at radius 3 is 1.55 bits per heavy atom. The van der Waals surface area contributed by atoms with Gasteiger partial charge in [-0.3, -0.25) is 19.2 Å². The van der Waals surface area contributed by atoms with Crippen LogP contribution < -0.4 is 0 Å². The molecule has 0 aromatic carbocycles. The number of rotatable bonds is 4. The Morgan fingerprint density at radius 2 is 0.976 bits per heavy atom. The van der Waals surface area contributed by atoms with Crippen LogP contribution in [0, 0.1) is 35.5 Å². The van der Waals surface area contributed by atoms with Gasteiger partial charge in [0.05, 0.1) is 23.7 Å². The molecule has 0 aromatic heterocycles. The van der Waals surface area contributed by atoms with Crippen LogP contribution in [-0.2, 0) is 33.4 Å². The summed E-state index contributed by atoms with van der Waals surface area (Å²) < 4.78 is 15.9. The maximum absolute atomic E-state index is 11.8. The molecule has 6 atom stereocenters. The zero-order valence-corrected chi connectivity index (χ0v) is 26.6. The van der Waals surface area contributed by atoms with Crippen molar-refractivity contribution in [3.05, 3.63) is 34.9 Å². The van der Waals surface area contributed by atoms with Crippen LogP contribution in [0.15, 0.2) is 34.9 Å². The zero-order chi connectivity index (χ0) is 30.8. The van der Waals surface area contributed by atoms with Gasteiger partial charge in [0.25, 0.3) is 0 Å². The molecular weight excluding hydrogens is 532 g/mol. The highest BCUT2D eigenvalue weighted by molar-refractivity contribution is 5.96. The predicted octanol–water partition coefficient (Wildman–Crippen LogP) is 7.19. The van der Waals surface area contributed by atoms with Gasteiger partial charge in [0.2, 0.25) is 0 Å². The fourth-order valence-electron chi connectivity index (χ4n) is 8.14. The van der Waals surface area contributed by atoms with Crippen LogP contribution in [0.25, 0.3) is 0 Å². The Hall–Kier alpha value is -2.70. The normalized spacial score (nSPS) is 33.5. The molecule has 42 heavy (non-hydrogen) atoms. The molecule has 6 aliphatic rings. The standard InChI is InChI=1S/2C13H20O2.C9H10O3/c1-4-13(5-2)11-7-6-9(3)8-10(11)12(14)15-13;1-4-13(5-2)11-8-9(3)6-7-10(11)12(14)15-13;1-5-2-3-6-7(4-5)9(11)12-8(6)10/h2*6,10-11H,4-5,7-8H2,1-3H3;2,6-7H,3-4H2,1H3. The van der Waals surface area contributed by atoms with Crippen molar-refractivity contribution < 1.29 is 33.4 Å². The lowest BCUT2D eigenvalue weighted by atomic mass is 9.71. The third-order valence-corrected chi connectivity index (χ3v) is 11.0. The second kappa shape index (κ2) is 12.9. The number of carbonyl (C=O) groups is 4. The van der Waals surface area contributed by atoms with E-state index in [-0.39, 0.29) is 58.8 Å². The van der Waals surface area contributed by atoms with Gasteiger partial charge in [-0.1, -0.05) is 62.6 Å². The smallest absolute Gasteiger partial charge is 0.317 e. The molecule has 3 fully saturated rings. The molecule has 232 valence electrons. The number of hydrogen-bond acceptors (Lipinski definition) is 7. The van der Waals surface area contributed by atoms with E-state index in [2.05, 4.69) is 58.4 Å². The molecule has 3 aliphatic carbocycles. The Labute approximate surface area is 251 Å². The summed E-state index contributed by atoms with van der Waals surface area (Å²) in [6, 6.07) is 0. The third-order valence-electron chi connectivity index (χ3n) is 11.0. The largest absolute Gasteiger partial charge is 0.459 e. The monoisotopic (exact) mass is 582 g/mol. The summed E-state index contributed by atoms with van der Waals surface area (Å²) in [6.07, 6.45) is 15.5. The first-order chi connectivity index (χ1) is 19.9. The Bertz CT molecular complexity index is 1170. The van der Waals surface area contributed by atoms with Crippen molar-refractivity contribution in [2.75, 3.05) is 0 Å². The molecule has 7 heteroatoms. The van der Waals surface area contributed by atoms with Crippen molar-refractivity contribution in [2.24, 2.45) is 35.5 Å². The van der Waals surface area contributed by atoms with Gasteiger partial charge in [0.15, 0.2) is 0 Å². The average Bonchev–Trinajstić information content (AvgIpc) is 3.54. The molecule has 7 nitrogen and oxygen atoms in total. The Kier molecular flexibility index (Phi) is 9.89. The highest BCUT2D eigenvalue weighted by Crippen LogP contribution is 2.49. The second-order valence-electron chi connectivity index (χ2n) is 13.2. The van der Waals surface area contributed by atoms with Gasteiger partial charge in [0, 0.05) is 11.8 Å². The molecular formula is C35H50O7. The number of fused-ring (bicyclic) bond motifs is 3. The molecule has 0 bridgehead atoms. The van der Waals surface area contributed by atoms with Crippen LogP contribution in [0.5, 0.6) is 0 Å². The zero-order valence-electron chi connectivity index (χ0n) is 26.6. The van der Waals surface area contributed by atoms with Gasteiger partial charge in [-0.2, -0.15) is 0 Å². The third kappa shape index (κ3) is 6.03. The fraction of sp³-hybridized carbons (Fsp3) is 0.714. The van der Waals surface area contributed by atoms with Gasteiger partial charge in [-0.15, -0.1) is 0 Å². The average molecular weight is 583 g/mol. The number of cyclic esters (lactones) is 4. The first kappa shape index (κ1) is 32.2. The van der Waals surface area contributed by atoms with Crippen LogP contribution in [0.2, 0.25) is 0 Å². The Balaban J connectivity index is 0.000000146. The lowest BCUT2D eigenvalue weighted by Crippen LogP contribution is -2.36. The van der Waals surface area contributed by atoms with E-state index in [4.69, 9.17) is 9.47 Å². The van der Waals surface area contributed by atoms with Gasteiger partial charge in [-0.25, -0.2) is 0 Å². The summed E-state index contributed by atoms with van der Waals surface area (Å²) in [7, 11) is 0.